The van der Waals surface area contributed by atoms with E-state index in [9.17, 15) is 14.4 Å². The van der Waals surface area contributed by atoms with Crippen LogP contribution in [0.3, 0.4) is 0 Å². The Hall–Kier alpha value is -3.20. The number of nitrogens with one attached hydrogen (secondary N) is 3. The molecular formula is C17H18N4O5. The van der Waals surface area contributed by atoms with Crippen molar-refractivity contribution in [2.75, 3.05) is 26.1 Å². The number of benzene rings is 1. The molecule has 0 unspecified atom stereocenters. The van der Waals surface area contributed by atoms with E-state index in [0.29, 0.717) is 6.54 Å². The van der Waals surface area contributed by atoms with E-state index in [1.807, 2.05) is 0 Å². The highest BCUT2D eigenvalue weighted by molar-refractivity contribution is 6.05. The van der Waals surface area contributed by atoms with Crippen molar-refractivity contribution < 1.29 is 23.9 Å². The normalized spacial score (nSPS) is 12.8. The van der Waals surface area contributed by atoms with Gasteiger partial charge in [-0.05, 0) is 18.2 Å². The van der Waals surface area contributed by atoms with Gasteiger partial charge in [0, 0.05) is 36.5 Å². The van der Waals surface area contributed by atoms with Crippen molar-refractivity contribution in [1.29, 1.82) is 0 Å². The van der Waals surface area contributed by atoms with Crippen LogP contribution in [-0.2, 0) is 22.4 Å². The lowest BCUT2D eigenvalue weighted by molar-refractivity contribution is 0.0599. The maximum Gasteiger partial charge on any atom is 0.337 e. The summed E-state index contributed by atoms with van der Waals surface area (Å²) in [6, 6.07) is 4.19. The molecule has 2 aromatic rings. The fraction of sp³-hybridized carbons (Fsp3) is 0.294. The summed E-state index contributed by atoms with van der Waals surface area (Å²) in [5.74, 6) is -1.70. The molecule has 0 saturated carbocycles. The van der Waals surface area contributed by atoms with Crippen LogP contribution in [0.25, 0.3) is 0 Å². The third-order valence-corrected chi connectivity index (χ3v) is 4.05. The highest BCUT2D eigenvalue weighted by atomic mass is 16.5. The summed E-state index contributed by atoms with van der Waals surface area (Å²) in [7, 11) is 2.46. The number of carbonyl (C=O) groups excluding carboxylic acids is 3. The van der Waals surface area contributed by atoms with Crippen LogP contribution < -0.4 is 10.6 Å². The fourth-order valence-electron chi connectivity index (χ4n) is 2.77. The number of aromatic amines is 1. The molecule has 9 nitrogen and oxygen atoms in total. The van der Waals surface area contributed by atoms with Crippen LogP contribution in [0.1, 0.15) is 42.5 Å². The number of hydrogen-bond donors (Lipinski definition) is 3. The number of anilines is 1. The number of nitrogens with zero attached hydrogens (tertiary/aromatic N) is 1. The van der Waals surface area contributed by atoms with E-state index in [1.54, 1.807) is 0 Å². The minimum atomic E-state index is -0.632. The van der Waals surface area contributed by atoms with Crippen molar-refractivity contribution in [2.45, 2.75) is 13.0 Å². The molecule has 3 rings (SSSR count). The highest BCUT2D eigenvalue weighted by Crippen LogP contribution is 2.20. The van der Waals surface area contributed by atoms with Gasteiger partial charge in [0.05, 0.1) is 25.3 Å². The Morgan fingerprint density at radius 2 is 1.73 bits per heavy atom. The third-order valence-electron chi connectivity index (χ3n) is 4.05. The maximum atomic E-state index is 12.6. The van der Waals surface area contributed by atoms with Gasteiger partial charge in [-0.15, -0.1) is 0 Å². The van der Waals surface area contributed by atoms with Gasteiger partial charge in [-0.2, -0.15) is 5.10 Å². The molecule has 1 aliphatic rings. The van der Waals surface area contributed by atoms with Crippen LogP contribution in [0.4, 0.5) is 5.69 Å². The van der Waals surface area contributed by atoms with Gasteiger partial charge in [0.2, 0.25) is 0 Å². The molecule has 1 amide bonds. The molecule has 136 valence electrons. The minimum absolute atomic E-state index is 0.122. The lowest BCUT2D eigenvalue weighted by atomic mass is 10.1. The van der Waals surface area contributed by atoms with Gasteiger partial charge in [-0.25, -0.2) is 9.59 Å². The zero-order valence-electron chi connectivity index (χ0n) is 14.3. The quantitative estimate of drug-likeness (QED) is 0.693. The second-order valence-corrected chi connectivity index (χ2v) is 5.69. The Bertz CT molecular complexity index is 840. The number of aromatic nitrogens is 2. The molecule has 0 fully saturated rings. The molecule has 0 bridgehead atoms. The molecule has 0 aliphatic carbocycles. The van der Waals surface area contributed by atoms with Crippen molar-refractivity contribution in [2.24, 2.45) is 0 Å². The smallest absolute Gasteiger partial charge is 0.337 e. The van der Waals surface area contributed by atoms with Crippen LogP contribution >= 0.6 is 0 Å². The predicted octanol–water partition coefficient (Wildman–Crippen LogP) is 0.881. The molecular weight excluding hydrogens is 340 g/mol. The molecule has 0 spiro atoms. The molecule has 1 aromatic carbocycles. The van der Waals surface area contributed by atoms with Crippen LogP contribution in [0, 0.1) is 0 Å². The first-order valence-electron chi connectivity index (χ1n) is 7.93. The van der Waals surface area contributed by atoms with Gasteiger partial charge in [-0.3, -0.25) is 9.89 Å². The number of hydrogen-bond acceptors (Lipinski definition) is 7. The molecule has 9 heteroatoms. The Morgan fingerprint density at radius 3 is 2.35 bits per heavy atom. The van der Waals surface area contributed by atoms with Crippen molar-refractivity contribution in [3.05, 3.63) is 46.3 Å². The summed E-state index contributed by atoms with van der Waals surface area (Å²) < 4.78 is 9.36. The number of esters is 2. The summed E-state index contributed by atoms with van der Waals surface area (Å²) in [5, 5.41) is 12.8. The van der Waals surface area contributed by atoms with Gasteiger partial charge in [0.1, 0.15) is 0 Å². The standard InChI is InChI=1S/C17H18N4O5/c1-25-16(23)9-5-10(17(24)26-2)7-11(6-9)19-15(22)14-12-8-18-4-3-13(12)20-21-14/h5-7,18H,3-4,8H2,1-2H3,(H,19,22)(H,20,21). The Balaban J connectivity index is 1.91. The van der Waals surface area contributed by atoms with E-state index < -0.39 is 17.8 Å². The average molecular weight is 358 g/mol. The third kappa shape index (κ3) is 3.42. The van der Waals surface area contributed by atoms with Gasteiger partial charge < -0.3 is 20.1 Å². The number of methoxy groups -OCH3 is 2. The van der Waals surface area contributed by atoms with Crippen LogP contribution in [-0.4, -0.2) is 48.8 Å². The van der Waals surface area contributed by atoms with E-state index in [4.69, 9.17) is 0 Å². The van der Waals surface area contributed by atoms with E-state index >= 15 is 0 Å². The van der Waals surface area contributed by atoms with Gasteiger partial charge >= 0.3 is 11.9 Å². The summed E-state index contributed by atoms with van der Waals surface area (Å²) >= 11 is 0. The highest BCUT2D eigenvalue weighted by Gasteiger charge is 2.22. The Labute approximate surface area is 149 Å². The second-order valence-electron chi connectivity index (χ2n) is 5.69. The van der Waals surface area contributed by atoms with E-state index in [-0.39, 0.29) is 22.5 Å². The molecule has 2 heterocycles. The molecule has 0 saturated heterocycles. The first kappa shape index (κ1) is 17.6. The van der Waals surface area contributed by atoms with E-state index in [0.717, 1.165) is 24.2 Å². The van der Waals surface area contributed by atoms with Crippen molar-refractivity contribution in [1.82, 2.24) is 15.5 Å². The predicted molar refractivity (Wildman–Crippen MR) is 91.1 cm³/mol. The number of ether oxygens (including phenoxy) is 2. The number of carbonyl (C=O) groups is 3. The first-order valence-corrected chi connectivity index (χ1v) is 7.93. The fourth-order valence-corrected chi connectivity index (χ4v) is 2.77. The first-order chi connectivity index (χ1) is 12.5. The van der Waals surface area contributed by atoms with E-state index in [2.05, 4.69) is 30.3 Å². The molecule has 0 atom stereocenters. The number of H-pyrrole nitrogens is 1. The lowest BCUT2D eigenvalue weighted by Crippen LogP contribution is -2.25. The molecule has 1 aliphatic heterocycles. The van der Waals surface area contributed by atoms with Gasteiger partial charge in [0.25, 0.3) is 5.91 Å². The largest absolute Gasteiger partial charge is 0.465 e. The van der Waals surface area contributed by atoms with Crippen LogP contribution in [0.15, 0.2) is 18.2 Å². The summed E-state index contributed by atoms with van der Waals surface area (Å²) in [6.07, 6.45) is 0.764. The lowest BCUT2D eigenvalue weighted by Gasteiger charge is -2.13. The number of amides is 1. The Morgan fingerprint density at radius 1 is 1.08 bits per heavy atom. The molecule has 1 aromatic heterocycles. The van der Waals surface area contributed by atoms with Crippen molar-refractivity contribution in [3.8, 4) is 0 Å². The van der Waals surface area contributed by atoms with Crippen LogP contribution in [0.2, 0.25) is 0 Å². The van der Waals surface area contributed by atoms with Gasteiger partial charge in [0.15, 0.2) is 5.69 Å². The summed E-state index contributed by atoms with van der Waals surface area (Å²) in [5.41, 5.74) is 2.51. The maximum absolute atomic E-state index is 12.6. The zero-order chi connectivity index (χ0) is 18.7. The van der Waals surface area contributed by atoms with E-state index in [1.165, 1.54) is 32.4 Å². The molecule has 3 N–H and O–H groups in total. The van der Waals surface area contributed by atoms with Crippen LogP contribution in [0.5, 0.6) is 0 Å². The summed E-state index contributed by atoms with van der Waals surface area (Å²) in [4.78, 5) is 36.2. The number of rotatable bonds is 4. The Kier molecular flexibility index (Phi) is 4.99. The summed E-state index contributed by atoms with van der Waals surface area (Å²) in [6.45, 7) is 1.37. The molecule has 0 radical (unpaired) electrons. The topological polar surface area (TPSA) is 122 Å². The average Bonchev–Trinajstić information content (AvgIpc) is 3.10. The number of fused-ring (bicyclic) bond motifs is 1. The van der Waals surface area contributed by atoms with Gasteiger partial charge in [-0.1, -0.05) is 0 Å². The van der Waals surface area contributed by atoms with Crippen molar-refractivity contribution >= 4 is 23.5 Å². The zero-order valence-corrected chi connectivity index (χ0v) is 14.3. The second kappa shape index (κ2) is 7.36. The minimum Gasteiger partial charge on any atom is -0.465 e. The monoisotopic (exact) mass is 358 g/mol. The van der Waals surface area contributed by atoms with Crippen molar-refractivity contribution in [3.63, 3.8) is 0 Å². The molecule has 26 heavy (non-hydrogen) atoms. The SMILES string of the molecule is COC(=O)c1cc(NC(=O)c2n[nH]c3c2CNCC3)cc(C(=O)OC)c1.